The Balaban J connectivity index is 1.63. The summed E-state index contributed by atoms with van der Waals surface area (Å²) in [5.41, 5.74) is 17.9. The van der Waals surface area contributed by atoms with Gasteiger partial charge in [-0.3, -0.25) is 9.48 Å². The van der Waals surface area contributed by atoms with Gasteiger partial charge < -0.3 is 26.8 Å². The van der Waals surface area contributed by atoms with Crippen LogP contribution in [0.1, 0.15) is 43.1 Å². The van der Waals surface area contributed by atoms with Crippen molar-refractivity contribution in [2.75, 3.05) is 18.1 Å². The number of rotatable bonds is 7. The van der Waals surface area contributed by atoms with Crippen molar-refractivity contribution in [2.24, 2.45) is 17.9 Å². The highest BCUT2D eigenvalue weighted by Gasteiger charge is 2.30. The monoisotopic (exact) mass is 472 g/mol. The van der Waals surface area contributed by atoms with Gasteiger partial charge >= 0.3 is 0 Å². The first kappa shape index (κ1) is 22.4. The van der Waals surface area contributed by atoms with Crippen LogP contribution in [-0.2, 0) is 7.05 Å². The number of amidine groups is 1. The van der Waals surface area contributed by atoms with E-state index in [1.165, 1.54) is 6.33 Å². The first-order chi connectivity index (χ1) is 16.9. The number of nitrogens with zero attached hydrogens (tertiary/aromatic N) is 6. The summed E-state index contributed by atoms with van der Waals surface area (Å²) in [6.45, 7) is 1.98. The number of aromatic nitrogens is 5. The molecule has 1 fully saturated rings. The number of hydrazone groups is 1. The molecular weight excluding hydrogens is 444 g/mol. The summed E-state index contributed by atoms with van der Waals surface area (Å²) in [6.07, 6.45) is 7.01. The number of nitrogens with one attached hydrogen (secondary N) is 2. The maximum atomic E-state index is 13.9. The largest absolute Gasteiger partial charge is 0.383 e. The van der Waals surface area contributed by atoms with Crippen LogP contribution < -0.4 is 27.8 Å². The molecule has 3 heterocycles. The zero-order chi connectivity index (χ0) is 24.7. The molecule has 0 amide bonds. The Hall–Kier alpha value is -4.41. The summed E-state index contributed by atoms with van der Waals surface area (Å²) in [5.74, 6) is 0.824. The topological polar surface area (TPSA) is 154 Å². The summed E-state index contributed by atoms with van der Waals surface area (Å²) in [7, 11) is 3.51. The quantitative estimate of drug-likeness (QED) is 0.181. The van der Waals surface area contributed by atoms with Crippen molar-refractivity contribution in [1.82, 2.24) is 29.7 Å². The van der Waals surface area contributed by atoms with Gasteiger partial charge in [0, 0.05) is 37.6 Å². The second kappa shape index (κ2) is 8.75. The molecule has 1 aliphatic carbocycles. The van der Waals surface area contributed by atoms with Crippen LogP contribution >= 0.6 is 0 Å². The van der Waals surface area contributed by atoms with E-state index in [0.29, 0.717) is 16.8 Å². The Kier molecular flexibility index (Phi) is 5.59. The highest BCUT2D eigenvalue weighted by molar-refractivity contribution is 6.05. The van der Waals surface area contributed by atoms with E-state index in [4.69, 9.17) is 11.5 Å². The van der Waals surface area contributed by atoms with E-state index in [1.54, 1.807) is 17.9 Å². The molecule has 0 spiro atoms. The van der Waals surface area contributed by atoms with Crippen LogP contribution in [0.15, 0.2) is 52.9 Å². The van der Waals surface area contributed by atoms with Crippen molar-refractivity contribution in [3.05, 3.63) is 64.6 Å². The first-order valence-corrected chi connectivity index (χ1v) is 11.4. The van der Waals surface area contributed by atoms with Gasteiger partial charge in [-0.1, -0.05) is 18.2 Å². The fraction of sp³-hybridized carbons (Fsp3) is 0.292. The normalized spacial score (nSPS) is 14.8. The summed E-state index contributed by atoms with van der Waals surface area (Å²) >= 11 is 0. The number of fused-ring (bicyclic) bond motifs is 1. The van der Waals surface area contributed by atoms with E-state index in [2.05, 4.69) is 37.0 Å². The van der Waals surface area contributed by atoms with Gasteiger partial charge in [0.15, 0.2) is 5.84 Å². The van der Waals surface area contributed by atoms with Crippen molar-refractivity contribution in [1.29, 1.82) is 0 Å². The molecule has 0 radical (unpaired) electrons. The molecule has 3 aromatic heterocycles. The Morgan fingerprint density at radius 1 is 1.29 bits per heavy atom. The lowest BCUT2D eigenvalue weighted by Gasteiger charge is -2.23. The minimum atomic E-state index is -0.273. The molecule has 1 aliphatic rings. The van der Waals surface area contributed by atoms with Crippen LogP contribution in [0, 0.1) is 0 Å². The summed E-state index contributed by atoms with van der Waals surface area (Å²) in [5, 5.41) is 13.3. The van der Waals surface area contributed by atoms with Crippen LogP contribution in [0.4, 0.5) is 11.6 Å². The molecule has 1 atom stereocenters. The molecule has 0 saturated heterocycles. The molecule has 5 rings (SSSR count). The number of aryl methyl sites for hydroxylation is 1. The number of nitrogen functional groups attached to an aromatic ring is 1. The standard InChI is InChI=1S/C24H28N10O/c1-13(31-23-20(22(26)32-27-2)21(25)28-12-29-23)18-9-14-5-4-6-17(15-10-30-33(3)11-15)19(14)24(35)34(18)16-7-8-16/h4-6,9-13,16,27H,7-8H2,1-3H3,(H2,26,32)(H3,25,28,29,31)/t13-/m0/s1. The van der Waals surface area contributed by atoms with E-state index in [9.17, 15) is 4.79 Å². The van der Waals surface area contributed by atoms with Crippen molar-refractivity contribution in [3.63, 3.8) is 0 Å². The highest BCUT2D eigenvalue weighted by atomic mass is 16.1. The zero-order valence-corrected chi connectivity index (χ0v) is 19.9. The van der Waals surface area contributed by atoms with Crippen LogP contribution in [0.5, 0.6) is 0 Å². The van der Waals surface area contributed by atoms with E-state index in [0.717, 1.165) is 35.0 Å². The molecule has 0 unspecified atom stereocenters. The van der Waals surface area contributed by atoms with Crippen LogP contribution in [0.25, 0.3) is 21.9 Å². The fourth-order valence-electron chi connectivity index (χ4n) is 4.46. The lowest BCUT2D eigenvalue weighted by atomic mass is 10.00. The van der Waals surface area contributed by atoms with Gasteiger partial charge in [-0.2, -0.15) is 10.2 Å². The summed E-state index contributed by atoms with van der Waals surface area (Å²) < 4.78 is 3.65. The van der Waals surface area contributed by atoms with Gasteiger partial charge in [-0.15, -0.1) is 0 Å². The van der Waals surface area contributed by atoms with Gasteiger partial charge in [0.25, 0.3) is 5.56 Å². The number of anilines is 2. The SMILES string of the molecule is CN/N=C(\N)c1c(N)ncnc1N[C@@H](C)c1cc2cccc(-c3cnn(C)c3)c2c(=O)n1C1CC1. The smallest absolute Gasteiger partial charge is 0.259 e. The van der Waals surface area contributed by atoms with Crippen LogP contribution in [0.2, 0.25) is 0 Å². The van der Waals surface area contributed by atoms with Crippen molar-refractivity contribution >= 4 is 28.2 Å². The molecule has 4 aromatic rings. The fourth-order valence-corrected chi connectivity index (χ4v) is 4.46. The number of hydrogen-bond donors (Lipinski definition) is 4. The average molecular weight is 473 g/mol. The Morgan fingerprint density at radius 2 is 2.09 bits per heavy atom. The Morgan fingerprint density at radius 3 is 2.77 bits per heavy atom. The Labute approximate surface area is 201 Å². The molecular formula is C24H28N10O. The molecule has 35 heavy (non-hydrogen) atoms. The number of pyridine rings is 1. The van der Waals surface area contributed by atoms with Gasteiger partial charge in [-0.05, 0) is 36.8 Å². The van der Waals surface area contributed by atoms with E-state index >= 15 is 0 Å². The number of benzene rings is 1. The third-order valence-corrected chi connectivity index (χ3v) is 6.20. The molecule has 11 nitrogen and oxygen atoms in total. The molecule has 0 aliphatic heterocycles. The lowest BCUT2D eigenvalue weighted by molar-refractivity contribution is 0.636. The third kappa shape index (κ3) is 4.05. The molecule has 1 aromatic carbocycles. The van der Waals surface area contributed by atoms with Gasteiger partial charge in [-0.25, -0.2) is 9.97 Å². The van der Waals surface area contributed by atoms with Crippen molar-refractivity contribution in [3.8, 4) is 11.1 Å². The lowest BCUT2D eigenvalue weighted by Crippen LogP contribution is -2.28. The van der Waals surface area contributed by atoms with Crippen LogP contribution in [0.3, 0.4) is 0 Å². The van der Waals surface area contributed by atoms with Crippen LogP contribution in [-0.4, -0.2) is 37.2 Å². The second-order valence-electron chi connectivity index (χ2n) is 8.72. The summed E-state index contributed by atoms with van der Waals surface area (Å²) in [4.78, 5) is 22.3. The van der Waals surface area contributed by atoms with E-state index < -0.39 is 0 Å². The van der Waals surface area contributed by atoms with Crippen molar-refractivity contribution in [2.45, 2.75) is 31.8 Å². The number of nitrogens with two attached hydrogens (primary N) is 2. The van der Waals surface area contributed by atoms with Gasteiger partial charge in [0.05, 0.1) is 17.6 Å². The molecule has 11 heteroatoms. The molecule has 180 valence electrons. The first-order valence-electron chi connectivity index (χ1n) is 11.4. The third-order valence-electron chi connectivity index (χ3n) is 6.20. The van der Waals surface area contributed by atoms with Gasteiger partial charge in [0.1, 0.15) is 23.5 Å². The average Bonchev–Trinajstić information content (AvgIpc) is 3.57. The maximum absolute atomic E-state index is 13.9. The second-order valence-corrected chi connectivity index (χ2v) is 8.72. The predicted molar refractivity (Wildman–Crippen MR) is 137 cm³/mol. The van der Waals surface area contributed by atoms with Crippen molar-refractivity contribution < 1.29 is 0 Å². The maximum Gasteiger partial charge on any atom is 0.259 e. The number of hydrogen-bond acceptors (Lipinski definition) is 8. The molecule has 0 bridgehead atoms. The summed E-state index contributed by atoms with van der Waals surface area (Å²) in [6, 6.07) is 7.87. The predicted octanol–water partition coefficient (Wildman–Crippen LogP) is 2.12. The van der Waals surface area contributed by atoms with E-state index in [-0.39, 0.29) is 29.3 Å². The highest BCUT2D eigenvalue weighted by Crippen LogP contribution is 2.38. The minimum absolute atomic E-state index is 0.00760. The minimum Gasteiger partial charge on any atom is -0.383 e. The van der Waals surface area contributed by atoms with E-state index in [1.807, 2.05) is 42.9 Å². The Bertz CT molecular complexity index is 1500. The molecule has 1 saturated carbocycles. The molecule has 6 N–H and O–H groups in total. The van der Waals surface area contributed by atoms with Gasteiger partial charge in [0.2, 0.25) is 0 Å². The zero-order valence-electron chi connectivity index (χ0n) is 19.9.